The van der Waals surface area contributed by atoms with E-state index in [0.717, 1.165) is 35.9 Å². The van der Waals surface area contributed by atoms with Gasteiger partial charge in [0.25, 0.3) is 0 Å². The second kappa shape index (κ2) is 7.17. The number of rotatable bonds is 5. The minimum atomic E-state index is 0.0893. The van der Waals surface area contributed by atoms with Gasteiger partial charge in [0.1, 0.15) is 11.6 Å². The summed E-state index contributed by atoms with van der Waals surface area (Å²) in [4.78, 5) is 13.3. The van der Waals surface area contributed by atoms with E-state index < -0.39 is 0 Å². The van der Waals surface area contributed by atoms with E-state index >= 15 is 0 Å². The van der Waals surface area contributed by atoms with E-state index in [1.807, 2.05) is 30.3 Å². The predicted octanol–water partition coefficient (Wildman–Crippen LogP) is 2.62. The first-order chi connectivity index (χ1) is 11.1. The highest BCUT2D eigenvalue weighted by Crippen LogP contribution is 2.21. The van der Waals surface area contributed by atoms with Crippen LogP contribution in [0.1, 0.15) is 37.8 Å². The SMILES string of the molecule is CC(C)c1nnc2n1CC(NC(=O)CSc1ccccc1)CC2. The maximum absolute atomic E-state index is 12.2. The molecule has 2 heterocycles. The third kappa shape index (κ3) is 3.93. The Balaban J connectivity index is 1.54. The number of hydrogen-bond donors (Lipinski definition) is 1. The van der Waals surface area contributed by atoms with E-state index in [9.17, 15) is 4.79 Å². The number of carbonyl (C=O) groups is 1. The van der Waals surface area contributed by atoms with Gasteiger partial charge in [-0.15, -0.1) is 22.0 Å². The van der Waals surface area contributed by atoms with Crippen molar-refractivity contribution in [2.75, 3.05) is 5.75 Å². The number of amides is 1. The van der Waals surface area contributed by atoms with Gasteiger partial charge in [-0.1, -0.05) is 32.0 Å². The van der Waals surface area contributed by atoms with Crippen LogP contribution in [0.3, 0.4) is 0 Å². The second-order valence-corrected chi connectivity index (χ2v) is 7.19. The Morgan fingerprint density at radius 3 is 2.87 bits per heavy atom. The van der Waals surface area contributed by atoms with Crippen LogP contribution >= 0.6 is 11.8 Å². The van der Waals surface area contributed by atoms with E-state index in [-0.39, 0.29) is 11.9 Å². The molecule has 6 heteroatoms. The average Bonchev–Trinajstić information content (AvgIpc) is 2.97. The van der Waals surface area contributed by atoms with Gasteiger partial charge in [0.2, 0.25) is 5.91 Å². The van der Waals surface area contributed by atoms with Crippen molar-refractivity contribution < 1.29 is 4.79 Å². The molecule has 0 radical (unpaired) electrons. The molecule has 23 heavy (non-hydrogen) atoms. The molecule has 1 atom stereocenters. The number of carbonyl (C=O) groups excluding carboxylic acids is 1. The second-order valence-electron chi connectivity index (χ2n) is 6.14. The standard InChI is InChI=1S/C17H22N4OS/c1-12(2)17-20-19-15-9-8-13(10-21(15)17)18-16(22)11-23-14-6-4-3-5-7-14/h3-7,12-13H,8-11H2,1-2H3,(H,18,22). The highest BCUT2D eigenvalue weighted by atomic mass is 32.2. The molecule has 1 N–H and O–H groups in total. The monoisotopic (exact) mass is 330 g/mol. The van der Waals surface area contributed by atoms with Crippen molar-refractivity contribution in [2.24, 2.45) is 0 Å². The molecule has 1 amide bonds. The van der Waals surface area contributed by atoms with Crippen molar-refractivity contribution in [3.05, 3.63) is 42.0 Å². The summed E-state index contributed by atoms with van der Waals surface area (Å²) in [5.74, 6) is 2.94. The van der Waals surface area contributed by atoms with Gasteiger partial charge >= 0.3 is 0 Å². The largest absolute Gasteiger partial charge is 0.351 e. The number of nitrogens with zero attached hydrogens (tertiary/aromatic N) is 3. The molecule has 1 aliphatic rings. The van der Waals surface area contributed by atoms with Crippen molar-refractivity contribution in [3.8, 4) is 0 Å². The molecular formula is C17H22N4OS. The fraction of sp³-hybridized carbons (Fsp3) is 0.471. The van der Waals surface area contributed by atoms with Crippen LogP contribution in [0, 0.1) is 0 Å². The lowest BCUT2D eigenvalue weighted by Crippen LogP contribution is -2.42. The van der Waals surface area contributed by atoms with Crippen molar-refractivity contribution in [1.29, 1.82) is 0 Å². The Morgan fingerprint density at radius 1 is 1.35 bits per heavy atom. The summed E-state index contributed by atoms with van der Waals surface area (Å²) >= 11 is 1.57. The summed E-state index contributed by atoms with van der Waals surface area (Å²) in [5, 5.41) is 11.7. The highest BCUT2D eigenvalue weighted by Gasteiger charge is 2.24. The first-order valence-electron chi connectivity index (χ1n) is 8.02. The van der Waals surface area contributed by atoms with Gasteiger partial charge in [-0.25, -0.2) is 0 Å². The smallest absolute Gasteiger partial charge is 0.230 e. The van der Waals surface area contributed by atoms with Crippen LogP contribution in [0.25, 0.3) is 0 Å². The Hall–Kier alpha value is -1.82. The number of aryl methyl sites for hydroxylation is 1. The summed E-state index contributed by atoms with van der Waals surface area (Å²) in [6.07, 6.45) is 1.80. The minimum Gasteiger partial charge on any atom is -0.351 e. The van der Waals surface area contributed by atoms with Crippen LogP contribution in [-0.2, 0) is 17.8 Å². The lowest BCUT2D eigenvalue weighted by molar-refractivity contribution is -0.119. The van der Waals surface area contributed by atoms with Crippen molar-refractivity contribution in [2.45, 2.75) is 50.1 Å². The zero-order valence-electron chi connectivity index (χ0n) is 13.5. The Labute approximate surface area is 140 Å². The van der Waals surface area contributed by atoms with Crippen LogP contribution in [-0.4, -0.2) is 32.5 Å². The number of benzene rings is 1. The van der Waals surface area contributed by atoms with E-state index in [4.69, 9.17) is 0 Å². The van der Waals surface area contributed by atoms with Crippen LogP contribution in [0.4, 0.5) is 0 Å². The lowest BCUT2D eigenvalue weighted by atomic mass is 10.1. The predicted molar refractivity (Wildman–Crippen MR) is 91.5 cm³/mol. The zero-order valence-corrected chi connectivity index (χ0v) is 14.3. The first-order valence-corrected chi connectivity index (χ1v) is 9.01. The van der Waals surface area contributed by atoms with Crippen LogP contribution in [0.5, 0.6) is 0 Å². The molecule has 2 aromatic rings. The van der Waals surface area contributed by atoms with Gasteiger partial charge in [0, 0.05) is 29.8 Å². The van der Waals surface area contributed by atoms with Gasteiger partial charge in [0.15, 0.2) is 0 Å². The quantitative estimate of drug-likeness (QED) is 0.856. The minimum absolute atomic E-state index is 0.0893. The van der Waals surface area contributed by atoms with E-state index in [0.29, 0.717) is 11.7 Å². The average molecular weight is 330 g/mol. The van der Waals surface area contributed by atoms with Gasteiger partial charge in [-0.05, 0) is 18.6 Å². The molecule has 1 aliphatic heterocycles. The summed E-state index contributed by atoms with van der Waals surface area (Å²) < 4.78 is 2.17. The fourth-order valence-electron chi connectivity index (χ4n) is 2.83. The molecule has 3 rings (SSSR count). The highest BCUT2D eigenvalue weighted by molar-refractivity contribution is 8.00. The third-order valence-corrected chi connectivity index (χ3v) is 4.98. The molecule has 1 aromatic heterocycles. The number of hydrogen-bond acceptors (Lipinski definition) is 4. The van der Waals surface area contributed by atoms with Gasteiger partial charge in [-0.3, -0.25) is 4.79 Å². The van der Waals surface area contributed by atoms with Crippen LogP contribution in [0.2, 0.25) is 0 Å². The van der Waals surface area contributed by atoms with Gasteiger partial charge < -0.3 is 9.88 Å². The van der Waals surface area contributed by atoms with E-state index in [2.05, 4.69) is 33.9 Å². The zero-order chi connectivity index (χ0) is 16.2. The summed E-state index contributed by atoms with van der Waals surface area (Å²) in [6.45, 7) is 5.02. The van der Waals surface area contributed by atoms with Gasteiger partial charge in [0.05, 0.1) is 5.75 Å². The molecule has 0 aliphatic carbocycles. The van der Waals surface area contributed by atoms with E-state index in [1.54, 1.807) is 11.8 Å². The van der Waals surface area contributed by atoms with Gasteiger partial charge in [-0.2, -0.15) is 0 Å². The Kier molecular flexibility index (Phi) is 5.00. The normalized spacial score (nSPS) is 17.1. The summed E-state index contributed by atoms with van der Waals surface area (Å²) in [6, 6.07) is 10.2. The lowest BCUT2D eigenvalue weighted by Gasteiger charge is -2.25. The maximum atomic E-state index is 12.2. The molecule has 0 spiro atoms. The molecular weight excluding hydrogens is 308 g/mol. The van der Waals surface area contributed by atoms with Crippen LogP contribution in [0.15, 0.2) is 35.2 Å². The van der Waals surface area contributed by atoms with Crippen molar-refractivity contribution >= 4 is 17.7 Å². The number of nitrogens with one attached hydrogen (secondary N) is 1. The molecule has 1 aromatic carbocycles. The van der Waals surface area contributed by atoms with E-state index in [1.165, 1.54) is 0 Å². The molecule has 0 saturated heterocycles. The molecule has 0 fully saturated rings. The Morgan fingerprint density at radius 2 is 2.13 bits per heavy atom. The first kappa shape index (κ1) is 16.1. The molecule has 5 nitrogen and oxygen atoms in total. The Bertz CT molecular complexity index is 668. The summed E-state index contributed by atoms with van der Waals surface area (Å²) in [5.41, 5.74) is 0. The molecule has 122 valence electrons. The third-order valence-electron chi connectivity index (χ3n) is 3.97. The summed E-state index contributed by atoms with van der Waals surface area (Å²) in [7, 11) is 0. The maximum Gasteiger partial charge on any atom is 0.230 e. The number of thioether (sulfide) groups is 1. The van der Waals surface area contributed by atoms with Crippen molar-refractivity contribution in [1.82, 2.24) is 20.1 Å². The fourth-order valence-corrected chi connectivity index (χ4v) is 3.56. The van der Waals surface area contributed by atoms with Crippen molar-refractivity contribution in [3.63, 3.8) is 0 Å². The number of aromatic nitrogens is 3. The number of fused-ring (bicyclic) bond motifs is 1. The molecule has 1 unspecified atom stereocenters. The topological polar surface area (TPSA) is 59.8 Å². The molecule has 0 saturated carbocycles. The van der Waals surface area contributed by atoms with Crippen LogP contribution < -0.4 is 5.32 Å². The molecule has 0 bridgehead atoms.